The summed E-state index contributed by atoms with van der Waals surface area (Å²) in [5.74, 6) is 1.46. The molecule has 4 nitrogen and oxygen atoms in total. The fourth-order valence-electron chi connectivity index (χ4n) is 4.21. The van der Waals surface area contributed by atoms with E-state index in [1.54, 1.807) is 0 Å². The number of benzene rings is 2. The summed E-state index contributed by atoms with van der Waals surface area (Å²) in [7, 11) is 1.84. The maximum Gasteiger partial charge on any atom is 0.191 e. The summed E-state index contributed by atoms with van der Waals surface area (Å²) in [6, 6.07) is 17.9. The molecule has 2 aromatic rings. The standard InChI is InChI=1S/C23H30N4.HI/c1-17(18-9-7-10-21(15-18)27-12-5-6-13-27)26-23(24-2)25-16-20-14-19-8-3-4-11-22(19)20;/h3-4,7-11,15,17,20H,5-6,12-14,16H2,1-2H3,(H2,24,25,26);1H. The molecule has 1 aliphatic heterocycles. The lowest BCUT2D eigenvalue weighted by molar-refractivity contribution is 0.577. The first-order chi connectivity index (χ1) is 13.2. The molecule has 0 spiro atoms. The molecule has 0 amide bonds. The molecule has 0 bridgehead atoms. The van der Waals surface area contributed by atoms with Gasteiger partial charge in [-0.25, -0.2) is 0 Å². The van der Waals surface area contributed by atoms with Gasteiger partial charge in [0.15, 0.2) is 5.96 Å². The van der Waals surface area contributed by atoms with Crippen LogP contribution in [0.25, 0.3) is 0 Å². The van der Waals surface area contributed by atoms with Crippen LogP contribution < -0.4 is 15.5 Å². The van der Waals surface area contributed by atoms with Crippen LogP contribution in [0.2, 0.25) is 0 Å². The number of nitrogens with one attached hydrogen (secondary N) is 2. The number of nitrogens with zero attached hydrogens (tertiary/aromatic N) is 2. The second kappa shape index (κ2) is 9.63. The molecule has 1 heterocycles. The molecule has 4 rings (SSSR count). The van der Waals surface area contributed by atoms with Crippen LogP contribution in [0.3, 0.4) is 0 Å². The Morgan fingerprint density at radius 1 is 1.14 bits per heavy atom. The molecule has 150 valence electrons. The first-order valence-electron chi connectivity index (χ1n) is 10.1. The number of halogens is 1. The van der Waals surface area contributed by atoms with E-state index in [-0.39, 0.29) is 30.0 Å². The Balaban J connectivity index is 0.00000225. The van der Waals surface area contributed by atoms with Gasteiger partial charge in [0.2, 0.25) is 0 Å². The monoisotopic (exact) mass is 490 g/mol. The summed E-state index contributed by atoms with van der Waals surface area (Å²) >= 11 is 0. The number of hydrogen-bond donors (Lipinski definition) is 2. The fraction of sp³-hybridized carbons (Fsp3) is 0.435. The predicted molar refractivity (Wildman–Crippen MR) is 129 cm³/mol. The number of guanidine groups is 1. The van der Waals surface area contributed by atoms with Crippen LogP contribution >= 0.6 is 24.0 Å². The maximum atomic E-state index is 4.42. The van der Waals surface area contributed by atoms with Gasteiger partial charge in [-0.2, -0.15) is 0 Å². The third kappa shape index (κ3) is 4.62. The number of anilines is 1. The second-order valence-electron chi connectivity index (χ2n) is 7.71. The van der Waals surface area contributed by atoms with Gasteiger partial charge in [-0.15, -0.1) is 24.0 Å². The summed E-state index contributed by atoms with van der Waals surface area (Å²) in [5, 5.41) is 7.06. The van der Waals surface area contributed by atoms with E-state index < -0.39 is 0 Å². The lowest BCUT2D eigenvalue weighted by Crippen LogP contribution is -2.42. The zero-order valence-corrected chi connectivity index (χ0v) is 19.1. The van der Waals surface area contributed by atoms with Crippen molar-refractivity contribution in [3.63, 3.8) is 0 Å². The van der Waals surface area contributed by atoms with Crippen LogP contribution in [0.5, 0.6) is 0 Å². The van der Waals surface area contributed by atoms with Gasteiger partial charge in [0.25, 0.3) is 0 Å². The van der Waals surface area contributed by atoms with Gasteiger partial charge in [0, 0.05) is 38.3 Å². The Kier molecular flexibility index (Phi) is 7.21. The molecule has 2 N–H and O–H groups in total. The zero-order chi connectivity index (χ0) is 18.6. The van der Waals surface area contributed by atoms with E-state index in [4.69, 9.17) is 0 Å². The maximum absolute atomic E-state index is 4.42. The summed E-state index contributed by atoms with van der Waals surface area (Å²) in [5.41, 5.74) is 5.61. The van der Waals surface area contributed by atoms with Gasteiger partial charge in [0.05, 0.1) is 6.04 Å². The normalized spacial score (nSPS) is 19.3. The van der Waals surface area contributed by atoms with Crippen molar-refractivity contribution in [1.82, 2.24) is 10.6 Å². The van der Waals surface area contributed by atoms with E-state index in [1.165, 1.54) is 48.3 Å². The minimum Gasteiger partial charge on any atom is -0.372 e. The zero-order valence-electron chi connectivity index (χ0n) is 16.8. The molecule has 0 aromatic heterocycles. The summed E-state index contributed by atoms with van der Waals surface area (Å²) in [4.78, 5) is 6.91. The average Bonchev–Trinajstić information content (AvgIpc) is 3.22. The van der Waals surface area contributed by atoms with Crippen LogP contribution in [0.15, 0.2) is 53.5 Å². The van der Waals surface area contributed by atoms with Gasteiger partial charge in [-0.3, -0.25) is 4.99 Å². The van der Waals surface area contributed by atoms with Crippen LogP contribution in [0.4, 0.5) is 5.69 Å². The highest BCUT2D eigenvalue weighted by atomic mass is 127. The molecule has 1 aliphatic carbocycles. The Labute approximate surface area is 185 Å². The summed E-state index contributed by atoms with van der Waals surface area (Å²) < 4.78 is 0. The van der Waals surface area contributed by atoms with Crippen molar-refractivity contribution >= 4 is 35.6 Å². The van der Waals surface area contributed by atoms with Crippen molar-refractivity contribution in [3.8, 4) is 0 Å². The van der Waals surface area contributed by atoms with Crippen molar-refractivity contribution in [2.45, 2.75) is 38.1 Å². The Morgan fingerprint density at radius 3 is 2.68 bits per heavy atom. The second-order valence-corrected chi connectivity index (χ2v) is 7.71. The van der Waals surface area contributed by atoms with Crippen molar-refractivity contribution in [2.75, 3.05) is 31.6 Å². The first-order valence-corrected chi connectivity index (χ1v) is 10.1. The highest BCUT2D eigenvalue weighted by Gasteiger charge is 2.25. The van der Waals surface area contributed by atoms with E-state index in [2.05, 4.69) is 76.0 Å². The van der Waals surface area contributed by atoms with Crippen molar-refractivity contribution in [2.24, 2.45) is 4.99 Å². The van der Waals surface area contributed by atoms with Crippen molar-refractivity contribution in [3.05, 3.63) is 65.2 Å². The molecule has 28 heavy (non-hydrogen) atoms. The van der Waals surface area contributed by atoms with Crippen LogP contribution in [0.1, 0.15) is 48.4 Å². The van der Waals surface area contributed by atoms with Crippen molar-refractivity contribution in [1.29, 1.82) is 0 Å². The molecule has 2 aliphatic rings. The molecule has 2 unspecified atom stereocenters. The van der Waals surface area contributed by atoms with E-state index >= 15 is 0 Å². The Hall–Kier alpha value is -1.76. The van der Waals surface area contributed by atoms with Gasteiger partial charge in [-0.05, 0) is 55.0 Å². The fourth-order valence-corrected chi connectivity index (χ4v) is 4.21. The third-order valence-electron chi connectivity index (χ3n) is 5.90. The van der Waals surface area contributed by atoms with Crippen molar-refractivity contribution < 1.29 is 0 Å². The summed E-state index contributed by atoms with van der Waals surface area (Å²) in [6.45, 7) is 5.49. The number of fused-ring (bicyclic) bond motifs is 1. The van der Waals surface area contributed by atoms with E-state index in [9.17, 15) is 0 Å². The molecule has 0 saturated carbocycles. The SMILES string of the molecule is CN=C(NCC1Cc2ccccc21)NC(C)c1cccc(N2CCCC2)c1.I. The van der Waals surface area contributed by atoms with E-state index in [0.29, 0.717) is 5.92 Å². The molecule has 0 radical (unpaired) electrons. The first kappa shape index (κ1) is 21.0. The minimum absolute atomic E-state index is 0. The molecule has 1 saturated heterocycles. The number of aliphatic imine (C=N–C) groups is 1. The molecule has 1 fully saturated rings. The van der Waals surface area contributed by atoms with Crippen LogP contribution in [-0.2, 0) is 6.42 Å². The molecule has 2 aromatic carbocycles. The van der Waals surface area contributed by atoms with Gasteiger partial charge >= 0.3 is 0 Å². The van der Waals surface area contributed by atoms with Crippen LogP contribution in [0, 0.1) is 0 Å². The molecule has 5 heteroatoms. The lowest BCUT2D eigenvalue weighted by atomic mass is 9.78. The smallest absolute Gasteiger partial charge is 0.191 e. The Morgan fingerprint density at radius 2 is 1.93 bits per heavy atom. The van der Waals surface area contributed by atoms with Crippen LogP contribution in [-0.4, -0.2) is 32.6 Å². The van der Waals surface area contributed by atoms with Gasteiger partial charge in [0.1, 0.15) is 0 Å². The number of rotatable bonds is 5. The topological polar surface area (TPSA) is 39.7 Å². The van der Waals surface area contributed by atoms with E-state index in [1.807, 2.05) is 7.05 Å². The molecule has 2 atom stereocenters. The lowest BCUT2D eigenvalue weighted by Gasteiger charge is -2.31. The highest BCUT2D eigenvalue weighted by molar-refractivity contribution is 14.0. The summed E-state index contributed by atoms with van der Waals surface area (Å²) in [6.07, 6.45) is 3.77. The predicted octanol–water partition coefficient (Wildman–Crippen LogP) is 4.47. The minimum atomic E-state index is 0. The largest absolute Gasteiger partial charge is 0.372 e. The van der Waals surface area contributed by atoms with Gasteiger partial charge in [-0.1, -0.05) is 36.4 Å². The molecular weight excluding hydrogens is 459 g/mol. The van der Waals surface area contributed by atoms with Gasteiger partial charge < -0.3 is 15.5 Å². The third-order valence-corrected chi connectivity index (χ3v) is 5.90. The molecular formula is C23H31IN4. The number of hydrogen-bond acceptors (Lipinski definition) is 2. The quantitative estimate of drug-likeness (QED) is 0.369. The highest BCUT2D eigenvalue weighted by Crippen LogP contribution is 2.34. The Bertz CT molecular complexity index is 814. The average molecular weight is 490 g/mol. The van der Waals surface area contributed by atoms with E-state index in [0.717, 1.165) is 18.9 Å².